The van der Waals surface area contributed by atoms with Crippen molar-refractivity contribution in [2.75, 3.05) is 0 Å². The number of nitroso groups, excluding NO2 is 1. The van der Waals surface area contributed by atoms with Crippen LogP contribution in [0.25, 0.3) is 0 Å². The first-order valence-corrected chi connectivity index (χ1v) is 14.7. The molecule has 0 aromatic heterocycles. The molecular formula is C29H48NO4P. The minimum absolute atomic E-state index is 0.0763. The van der Waals surface area contributed by atoms with Gasteiger partial charge in [-0.1, -0.05) is 39.8 Å². The van der Waals surface area contributed by atoms with Crippen molar-refractivity contribution in [1.29, 1.82) is 0 Å². The van der Waals surface area contributed by atoms with E-state index in [4.69, 9.17) is 4.52 Å². The van der Waals surface area contributed by atoms with Crippen LogP contribution in [0.1, 0.15) is 106 Å². The van der Waals surface area contributed by atoms with E-state index in [1.807, 2.05) is 6.92 Å². The van der Waals surface area contributed by atoms with Gasteiger partial charge < -0.3 is 9.63 Å². The zero-order valence-corrected chi connectivity index (χ0v) is 24.0. The van der Waals surface area contributed by atoms with Crippen molar-refractivity contribution in [2.45, 2.75) is 118 Å². The fourth-order valence-electron chi connectivity index (χ4n) is 11.9. The Morgan fingerprint density at radius 2 is 1.63 bits per heavy atom. The average molecular weight is 506 g/mol. The molecule has 0 amide bonds. The fourth-order valence-corrected chi connectivity index (χ4v) is 12.3. The highest BCUT2D eigenvalue weighted by Gasteiger charge is 2.72. The second kappa shape index (κ2) is 8.23. The Morgan fingerprint density at radius 3 is 2.26 bits per heavy atom. The predicted octanol–water partition coefficient (Wildman–Crippen LogP) is 7.48. The monoisotopic (exact) mass is 505 g/mol. The molecule has 6 heteroatoms. The average Bonchev–Trinajstić information content (AvgIpc) is 3.20. The Hall–Kier alpha value is -0.540. The summed E-state index contributed by atoms with van der Waals surface area (Å²) < 4.78 is 5.92. The van der Waals surface area contributed by atoms with Gasteiger partial charge in [0, 0.05) is 9.47 Å². The maximum absolute atomic E-state index is 12.8. The molecule has 0 aromatic carbocycles. The van der Waals surface area contributed by atoms with Gasteiger partial charge in [-0.25, -0.2) is 0 Å². The van der Waals surface area contributed by atoms with Gasteiger partial charge in [0.25, 0.3) is 0 Å². The largest absolute Gasteiger partial charge is 0.481 e. The Kier molecular flexibility index (Phi) is 6.13. The quantitative estimate of drug-likeness (QED) is 0.317. The lowest BCUT2D eigenvalue weighted by atomic mass is 9.32. The molecule has 0 heterocycles. The van der Waals surface area contributed by atoms with Crippen LogP contribution in [0, 0.1) is 61.6 Å². The maximum Gasteiger partial charge on any atom is 0.309 e. The minimum Gasteiger partial charge on any atom is -0.481 e. The van der Waals surface area contributed by atoms with Crippen LogP contribution in [0.4, 0.5) is 0 Å². The van der Waals surface area contributed by atoms with Gasteiger partial charge in [-0.05, 0) is 122 Å². The van der Waals surface area contributed by atoms with Gasteiger partial charge in [-0.3, -0.25) is 4.79 Å². The van der Waals surface area contributed by atoms with E-state index in [1.165, 1.54) is 25.7 Å². The summed E-state index contributed by atoms with van der Waals surface area (Å²) in [4.78, 5) is 24.5. The highest BCUT2D eigenvalue weighted by atomic mass is 31.0. The number of fused-ring (bicyclic) bond motifs is 7. The highest BCUT2D eigenvalue weighted by molar-refractivity contribution is 7.09. The van der Waals surface area contributed by atoms with E-state index in [2.05, 4.69) is 49.3 Å². The predicted molar refractivity (Wildman–Crippen MR) is 142 cm³/mol. The molecule has 12 atom stereocenters. The Balaban J connectivity index is 1.55. The number of rotatable bonds is 4. The van der Waals surface area contributed by atoms with Crippen molar-refractivity contribution < 1.29 is 14.4 Å². The van der Waals surface area contributed by atoms with Crippen LogP contribution >= 0.6 is 9.47 Å². The summed E-state index contributed by atoms with van der Waals surface area (Å²) >= 11 is 0. The normalized spacial score (nSPS) is 53.5. The summed E-state index contributed by atoms with van der Waals surface area (Å²) in [5, 5.41) is 14.0. The molecule has 0 saturated heterocycles. The second-order valence-electron chi connectivity index (χ2n) is 14.7. The summed E-state index contributed by atoms with van der Waals surface area (Å²) in [6.07, 6.45) is 10.7. The van der Waals surface area contributed by atoms with Crippen LogP contribution in [0.2, 0.25) is 0 Å². The topological polar surface area (TPSA) is 76.0 Å². The molecule has 35 heavy (non-hydrogen) atoms. The van der Waals surface area contributed by atoms with Crippen LogP contribution in [0.3, 0.4) is 0 Å². The number of hydrogen-bond donors (Lipinski definition) is 1. The summed E-state index contributed by atoms with van der Waals surface area (Å²) in [6.45, 7) is 14.5. The van der Waals surface area contributed by atoms with E-state index in [9.17, 15) is 14.8 Å². The lowest BCUT2D eigenvalue weighted by Gasteiger charge is -2.72. The third kappa shape index (κ3) is 3.15. The molecule has 0 radical (unpaired) electrons. The Morgan fingerprint density at radius 1 is 0.914 bits per heavy atom. The molecule has 1 N–H and O–H groups in total. The summed E-state index contributed by atoms with van der Waals surface area (Å²) in [5.74, 6) is 1.23. The van der Waals surface area contributed by atoms with Gasteiger partial charge >= 0.3 is 5.97 Å². The molecule has 0 aromatic rings. The van der Waals surface area contributed by atoms with Crippen LogP contribution in [0.5, 0.6) is 0 Å². The molecule has 5 aliphatic rings. The van der Waals surface area contributed by atoms with Crippen LogP contribution in [-0.4, -0.2) is 23.2 Å². The number of carboxylic acid groups (broad SMARTS) is 1. The molecule has 0 aliphatic heterocycles. The molecule has 0 bridgehead atoms. The summed E-state index contributed by atoms with van der Waals surface area (Å²) in [5.41, 5.74) is 0.0886. The SMILES string of the molecule is CC(N=O)[C@@H]1CC[C@]2(C(=O)O)CC[C@]3(C)C(CCC4[C@@]5(C)CC[C@H](OP)C(C)(C)C5CC[C@]43C)C12. The molecular weight excluding hydrogens is 457 g/mol. The van der Waals surface area contributed by atoms with Crippen molar-refractivity contribution in [2.24, 2.45) is 61.8 Å². The van der Waals surface area contributed by atoms with Gasteiger partial charge in [-0.2, -0.15) is 4.91 Å². The third-order valence-electron chi connectivity index (χ3n) is 13.8. The van der Waals surface area contributed by atoms with Crippen LogP contribution in [-0.2, 0) is 9.32 Å². The van der Waals surface area contributed by atoms with Gasteiger partial charge in [0.15, 0.2) is 0 Å². The van der Waals surface area contributed by atoms with Gasteiger partial charge in [-0.15, -0.1) is 0 Å². The van der Waals surface area contributed by atoms with Crippen molar-refractivity contribution in [1.82, 2.24) is 0 Å². The molecule has 5 aliphatic carbocycles. The molecule has 6 unspecified atom stereocenters. The third-order valence-corrected chi connectivity index (χ3v) is 14.1. The van der Waals surface area contributed by atoms with Crippen molar-refractivity contribution in [3.63, 3.8) is 0 Å². The fraction of sp³-hybridized carbons (Fsp3) is 0.966. The van der Waals surface area contributed by atoms with Crippen molar-refractivity contribution in [3.05, 3.63) is 4.91 Å². The standard InChI is InChI=1S/C29H48NO4P/c1-17(30-33)18-9-14-29(24(31)32)16-15-27(5)19(23(18)29)7-8-21-26(4)12-11-22(34-35)25(2,3)20(26)10-13-28(21,27)6/h17-23H,7-16,35H2,1-6H3,(H,31,32)/t17?,18-,19?,20?,21?,22-,23?,26-,27+,28+,29-/m0/s1. The Labute approximate surface area is 214 Å². The van der Waals surface area contributed by atoms with E-state index in [0.29, 0.717) is 30.3 Å². The van der Waals surface area contributed by atoms with Crippen molar-refractivity contribution in [3.8, 4) is 0 Å². The minimum atomic E-state index is -0.658. The van der Waals surface area contributed by atoms with Crippen molar-refractivity contribution >= 4 is 15.4 Å². The first-order valence-electron chi connectivity index (χ1n) is 14.2. The van der Waals surface area contributed by atoms with Crippen LogP contribution < -0.4 is 0 Å². The van der Waals surface area contributed by atoms with E-state index in [1.54, 1.807) is 0 Å². The number of carbonyl (C=O) groups is 1. The number of hydrogen-bond acceptors (Lipinski definition) is 4. The number of aliphatic carboxylic acids is 1. The molecule has 0 spiro atoms. The molecule has 5 saturated carbocycles. The molecule has 5 nitrogen and oxygen atoms in total. The summed E-state index contributed by atoms with van der Waals surface area (Å²) in [7, 11) is 2.53. The first-order chi connectivity index (χ1) is 16.3. The van der Waals surface area contributed by atoms with Crippen LogP contribution in [0.15, 0.2) is 5.18 Å². The lowest BCUT2D eigenvalue weighted by molar-refractivity contribution is -0.247. The van der Waals surface area contributed by atoms with E-state index in [0.717, 1.165) is 32.1 Å². The van der Waals surface area contributed by atoms with Gasteiger partial charge in [0.2, 0.25) is 0 Å². The second-order valence-corrected chi connectivity index (χ2v) is 15.0. The number of carboxylic acids is 1. The smallest absolute Gasteiger partial charge is 0.309 e. The van der Waals surface area contributed by atoms with E-state index in [-0.39, 0.29) is 39.5 Å². The van der Waals surface area contributed by atoms with E-state index >= 15 is 0 Å². The first kappa shape index (κ1) is 26.1. The Bertz CT molecular complexity index is 894. The van der Waals surface area contributed by atoms with E-state index < -0.39 is 11.4 Å². The van der Waals surface area contributed by atoms with Gasteiger partial charge in [0.05, 0.1) is 17.6 Å². The summed E-state index contributed by atoms with van der Waals surface area (Å²) in [6, 6.07) is -0.301. The molecule has 5 rings (SSSR count). The molecule has 5 fully saturated rings. The van der Waals surface area contributed by atoms with Gasteiger partial charge in [0.1, 0.15) is 0 Å². The highest BCUT2D eigenvalue weighted by Crippen LogP contribution is 2.77. The lowest BCUT2D eigenvalue weighted by Crippen LogP contribution is -2.67. The zero-order valence-electron chi connectivity index (χ0n) is 22.8. The maximum atomic E-state index is 12.8. The molecule has 198 valence electrons. The number of nitrogens with zero attached hydrogens (tertiary/aromatic N) is 1. The zero-order chi connectivity index (χ0) is 25.6.